The van der Waals surface area contributed by atoms with Crippen LogP contribution < -0.4 is 0 Å². The van der Waals surface area contributed by atoms with Crippen LogP contribution in [0.15, 0.2) is 0 Å². The van der Waals surface area contributed by atoms with E-state index in [0.29, 0.717) is 6.42 Å². The number of hydrogen-bond donors (Lipinski definition) is 0. The molecule has 2 unspecified atom stereocenters. The first-order valence-electron chi connectivity index (χ1n) is 8.15. The molecule has 0 amide bonds. The Morgan fingerprint density at radius 1 is 0.857 bits per heavy atom. The van der Waals surface area contributed by atoms with Crippen LogP contribution in [0.4, 0.5) is 0 Å². The van der Waals surface area contributed by atoms with E-state index < -0.39 is 0 Å². The first kappa shape index (κ1) is 18.2. The van der Waals surface area contributed by atoms with Crippen molar-refractivity contribution in [3.63, 3.8) is 0 Å². The van der Waals surface area contributed by atoms with Crippen molar-refractivity contribution >= 4 is 11.9 Å². The monoisotopic (exact) mass is 296 g/mol. The second-order valence-electron chi connectivity index (χ2n) is 8.49. The molecule has 3 heteroatoms. The van der Waals surface area contributed by atoms with E-state index in [-0.39, 0.29) is 40.0 Å². The third-order valence-electron chi connectivity index (χ3n) is 6.36. The largest absolute Gasteiger partial charge is 0.393 e. The molecule has 1 fully saturated rings. The molecule has 1 aliphatic rings. The van der Waals surface area contributed by atoms with Gasteiger partial charge in [-0.2, -0.15) is 0 Å². The molecule has 2 atom stereocenters. The Morgan fingerprint density at radius 3 is 1.81 bits per heavy atom. The average molecular weight is 296 g/mol. The lowest BCUT2D eigenvalue weighted by Gasteiger charge is -2.44. The number of esters is 2. The molecule has 1 saturated heterocycles. The topological polar surface area (TPSA) is 43.4 Å². The second kappa shape index (κ2) is 5.73. The highest BCUT2D eigenvalue weighted by molar-refractivity contribution is 5.96. The summed E-state index contributed by atoms with van der Waals surface area (Å²) in [4.78, 5) is 24.4. The van der Waals surface area contributed by atoms with Crippen molar-refractivity contribution in [2.45, 2.75) is 74.7 Å². The number of cyclic esters (lactones) is 2. The molecule has 0 aliphatic carbocycles. The van der Waals surface area contributed by atoms with E-state index in [1.54, 1.807) is 0 Å². The van der Waals surface area contributed by atoms with Crippen molar-refractivity contribution in [1.82, 2.24) is 0 Å². The Balaban J connectivity index is 3.09. The number of carbonyl (C=O) groups excluding carboxylic acids is 2. The fraction of sp³-hybridized carbons (Fsp3) is 0.889. The Morgan fingerprint density at radius 2 is 1.38 bits per heavy atom. The predicted octanol–water partition coefficient (Wildman–Crippen LogP) is 4.59. The van der Waals surface area contributed by atoms with Gasteiger partial charge in [0.15, 0.2) is 0 Å². The number of rotatable bonds is 6. The molecule has 0 aromatic carbocycles. The quantitative estimate of drug-likeness (QED) is 0.532. The molecule has 0 bridgehead atoms. The van der Waals surface area contributed by atoms with Gasteiger partial charge in [-0.15, -0.1) is 0 Å². The van der Waals surface area contributed by atoms with E-state index in [1.165, 1.54) is 0 Å². The van der Waals surface area contributed by atoms with Gasteiger partial charge in [-0.1, -0.05) is 68.2 Å². The summed E-state index contributed by atoms with van der Waals surface area (Å²) in [6, 6.07) is 0. The van der Waals surface area contributed by atoms with E-state index in [1.807, 2.05) is 0 Å². The van der Waals surface area contributed by atoms with Gasteiger partial charge in [0.2, 0.25) is 0 Å². The smallest absolute Gasteiger partial charge is 0.318 e. The number of carbonyl (C=O) groups is 2. The molecule has 0 aromatic rings. The molecule has 3 nitrogen and oxygen atoms in total. The maximum Gasteiger partial charge on any atom is 0.318 e. The zero-order valence-corrected chi connectivity index (χ0v) is 15.0. The van der Waals surface area contributed by atoms with Crippen molar-refractivity contribution in [3.8, 4) is 0 Å². The zero-order chi connectivity index (χ0) is 16.6. The van der Waals surface area contributed by atoms with Crippen LogP contribution in [0.25, 0.3) is 0 Å². The van der Waals surface area contributed by atoms with Crippen molar-refractivity contribution in [3.05, 3.63) is 0 Å². The maximum atomic E-state index is 12.2. The molecule has 0 radical (unpaired) electrons. The first-order chi connectivity index (χ1) is 9.39. The molecule has 1 rings (SSSR count). The van der Waals surface area contributed by atoms with Gasteiger partial charge >= 0.3 is 11.9 Å². The molecule has 0 N–H and O–H groups in total. The minimum Gasteiger partial charge on any atom is -0.393 e. The second-order valence-corrected chi connectivity index (χ2v) is 8.49. The fourth-order valence-corrected chi connectivity index (χ4v) is 3.13. The summed E-state index contributed by atoms with van der Waals surface area (Å²) >= 11 is 0. The highest BCUT2D eigenvalue weighted by Gasteiger charge is 2.53. The Bertz CT molecular complexity index is 418. The minimum atomic E-state index is -0.332. The molecule has 1 aliphatic heterocycles. The average Bonchev–Trinajstić information content (AvgIpc) is 2.63. The summed E-state index contributed by atoms with van der Waals surface area (Å²) in [5, 5.41) is 0. The number of ether oxygens (including phenoxy) is 1. The van der Waals surface area contributed by atoms with Crippen LogP contribution in [0, 0.1) is 28.1 Å². The Labute approximate surface area is 129 Å². The third-order valence-corrected chi connectivity index (χ3v) is 6.36. The summed E-state index contributed by atoms with van der Waals surface area (Å²) in [5.41, 5.74) is -0.127. The lowest BCUT2D eigenvalue weighted by atomic mass is 9.59. The SMILES string of the molecule is CCC(C)(C)C1C(=O)OC(=O)C1CC(C)(C)C(C)(C)CC. The van der Waals surface area contributed by atoms with Crippen LogP contribution >= 0.6 is 0 Å². The van der Waals surface area contributed by atoms with E-state index in [2.05, 4.69) is 55.4 Å². The van der Waals surface area contributed by atoms with Crippen molar-refractivity contribution < 1.29 is 14.3 Å². The number of hydrogen-bond acceptors (Lipinski definition) is 3. The summed E-state index contributed by atoms with van der Waals surface area (Å²) in [6.45, 7) is 17.2. The standard InChI is InChI=1S/C18H32O3/c1-9-16(3,4)13-12(14(19)21-15(13)20)11-18(7,8)17(5,6)10-2/h12-13H,9-11H2,1-8H3. The van der Waals surface area contributed by atoms with Crippen LogP contribution in [0.2, 0.25) is 0 Å². The van der Waals surface area contributed by atoms with E-state index in [4.69, 9.17) is 4.74 Å². The van der Waals surface area contributed by atoms with Crippen LogP contribution in [0.1, 0.15) is 74.7 Å². The summed E-state index contributed by atoms with van der Waals surface area (Å²) in [5.74, 6) is -1.29. The van der Waals surface area contributed by atoms with Gasteiger partial charge in [-0.05, 0) is 22.7 Å². The highest BCUT2D eigenvalue weighted by atomic mass is 16.6. The molecule has 21 heavy (non-hydrogen) atoms. The first-order valence-corrected chi connectivity index (χ1v) is 8.15. The van der Waals surface area contributed by atoms with Crippen LogP contribution in [-0.4, -0.2) is 11.9 Å². The van der Waals surface area contributed by atoms with E-state index in [0.717, 1.165) is 12.8 Å². The summed E-state index contributed by atoms with van der Waals surface area (Å²) < 4.78 is 4.99. The van der Waals surface area contributed by atoms with Gasteiger partial charge < -0.3 is 4.74 Å². The Kier molecular flexibility index (Phi) is 4.97. The normalized spacial score (nSPS) is 24.4. The van der Waals surface area contributed by atoms with Gasteiger partial charge in [-0.3, -0.25) is 9.59 Å². The van der Waals surface area contributed by atoms with Gasteiger partial charge in [0.25, 0.3) is 0 Å². The van der Waals surface area contributed by atoms with Crippen molar-refractivity contribution in [2.75, 3.05) is 0 Å². The van der Waals surface area contributed by atoms with Crippen molar-refractivity contribution in [2.24, 2.45) is 28.1 Å². The lowest BCUT2D eigenvalue weighted by Crippen LogP contribution is -2.39. The third kappa shape index (κ3) is 3.32. The fourth-order valence-electron chi connectivity index (χ4n) is 3.13. The minimum absolute atomic E-state index is 0.0296. The molecule has 1 heterocycles. The van der Waals surface area contributed by atoms with E-state index in [9.17, 15) is 9.59 Å². The Hall–Kier alpha value is -0.860. The zero-order valence-electron chi connectivity index (χ0n) is 15.0. The van der Waals surface area contributed by atoms with Crippen molar-refractivity contribution in [1.29, 1.82) is 0 Å². The van der Waals surface area contributed by atoms with Crippen LogP contribution in [-0.2, 0) is 14.3 Å². The highest BCUT2D eigenvalue weighted by Crippen LogP contribution is 2.51. The van der Waals surface area contributed by atoms with Crippen LogP contribution in [0.5, 0.6) is 0 Å². The predicted molar refractivity (Wildman–Crippen MR) is 84.6 cm³/mol. The lowest BCUT2D eigenvalue weighted by molar-refractivity contribution is -0.154. The molecular formula is C18H32O3. The molecule has 0 spiro atoms. The van der Waals surface area contributed by atoms with Gasteiger partial charge in [0.1, 0.15) is 0 Å². The summed E-state index contributed by atoms with van der Waals surface area (Å²) in [7, 11) is 0. The molecule has 122 valence electrons. The van der Waals surface area contributed by atoms with Gasteiger partial charge in [0, 0.05) is 0 Å². The molecule has 0 aromatic heterocycles. The van der Waals surface area contributed by atoms with Gasteiger partial charge in [-0.25, -0.2) is 0 Å². The molecule has 0 saturated carbocycles. The summed E-state index contributed by atoms with van der Waals surface area (Å²) in [6.07, 6.45) is 2.60. The molecular weight excluding hydrogens is 264 g/mol. The van der Waals surface area contributed by atoms with Crippen LogP contribution in [0.3, 0.4) is 0 Å². The van der Waals surface area contributed by atoms with E-state index >= 15 is 0 Å². The van der Waals surface area contributed by atoms with Gasteiger partial charge in [0.05, 0.1) is 11.8 Å². The maximum absolute atomic E-state index is 12.2.